The molecular weight excluding hydrogens is 132 g/mol. The van der Waals surface area contributed by atoms with Crippen molar-refractivity contribution < 1.29 is 0 Å². The third kappa shape index (κ3) is 2.07. The van der Waals surface area contributed by atoms with Gasteiger partial charge >= 0.3 is 0 Å². The lowest BCUT2D eigenvalue weighted by molar-refractivity contribution is 1.09. The Hall–Kier alpha value is -0.780. The normalized spacial score (nSPS) is 10.0. The van der Waals surface area contributed by atoms with Crippen molar-refractivity contribution in [1.29, 1.82) is 0 Å². The largest absolute Gasteiger partial charge is 0.0620 e. The highest BCUT2D eigenvalue weighted by Crippen LogP contribution is 2.12. The SMILES string of the molecule is [CH2]C[CH]c1ccccc1CC. The summed E-state index contributed by atoms with van der Waals surface area (Å²) in [6.07, 6.45) is 4.14. The van der Waals surface area contributed by atoms with Crippen molar-refractivity contribution in [2.45, 2.75) is 19.8 Å². The minimum Gasteiger partial charge on any atom is -0.0620 e. The summed E-state index contributed by atoms with van der Waals surface area (Å²) >= 11 is 0. The summed E-state index contributed by atoms with van der Waals surface area (Å²) in [4.78, 5) is 0. The molecule has 0 spiro atoms. The van der Waals surface area contributed by atoms with Crippen LogP contribution in [0.15, 0.2) is 24.3 Å². The second kappa shape index (κ2) is 4.17. The van der Waals surface area contributed by atoms with Crippen molar-refractivity contribution in [3.05, 3.63) is 48.7 Å². The van der Waals surface area contributed by atoms with Gasteiger partial charge in [-0.05, 0) is 30.4 Å². The van der Waals surface area contributed by atoms with Gasteiger partial charge < -0.3 is 0 Å². The van der Waals surface area contributed by atoms with Gasteiger partial charge in [-0.3, -0.25) is 0 Å². The van der Waals surface area contributed by atoms with Gasteiger partial charge in [0.1, 0.15) is 0 Å². The van der Waals surface area contributed by atoms with Crippen molar-refractivity contribution in [3.63, 3.8) is 0 Å². The van der Waals surface area contributed by atoms with E-state index < -0.39 is 0 Å². The first-order valence-electron chi connectivity index (χ1n) is 4.08. The molecule has 0 saturated heterocycles. The number of hydrogen-bond donors (Lipinski definition) is 0. The van der Waals surface area contributed by atoms with Crippen LogP contribution < -0.4 is 0 Å². The fourth-order valence-corrected chi connectivity index (χ4v) is 1.21. The molecule has 1 rings (SSSR count). The lowest BCUT2D eigenvalue weighted by Crippen LogP contribution is -1.88. The summed E-state index contributed by atoms with van der Waals surface area (Å²) < 4.78 is 0. The maximum Gasteiger partial charge on any atom is -0.00903 e. The van der Waals surface area contributed by atoms with E-state index in [0.717, 1.165) is 12.8 Å². The van der Waals surface area contributed by atoms with Crippen LogP contribution in [0.1, 0.15) is 24.5 Å². The minimum absolute atomic E-state index is 0.872. The fraction of sp³-hybridized carbons (Fsp3) is 0.273. The number of aryl methyl sites for hydroxylation is 1. The van der Waals surface area contributed by atoms with Gasteiger partial charge in [-0.1, -0.05) is 38.1 Å². The van der Waals surface area contributed by atoms with E-state index in [1.807, 2.05) is 0 Å². The molecule has 0 atom stereocenters. The highest BCUT2D eigenvalue weighted by atomic mass is 14.0. The maximum atomic E-state index is 3.80. The first-order chi connectivity index (χ1) is 5.38. The van der Waals surface area contributed by atoms with Gasteiger partial charge in [0.25, 0.3) is 0 Å². The van der Waals surface area contributed by atoms with Crippen LogP contribution in [0, 0.1) is 13.3 Å². The summed E-state index contributed by atoms with van der Waals surface area (Å²) in [5.41, 5.74) is 2.75. The predicted octanol–water partition coefficient (Wildman–Crippen LogP) is 3.03. The lowest BCUT2D eigenvalue weighted by atomic mass is 10.0. The maximum absolute atomic E-state index is 3.80. The Morgan fingerprint density at radius 1 is 1.36 bits per heavy atom. The fourth-order valence-electron chi connectivity index (χ4n) is 1.21. The van der Waals surface area contributed by atoms with E-state index in [0.29, 0.717) is 0 Å². The molecule has 1 aromatic rings. The lowest BCUT2D eigenvalue weighted by Gasteiger charge is -2.04. The van der Waals surface area contributed by atoms with Crippen molar-refractivity contribution >= 4 is 0 Å². The van der Waals surface area contributed by atoms with Gasteiger partial charge in [0.05, 0.1) is 0 Å². The summed E-state index contributed by atoms with van der Waals surface area (Å²) in [5.74, 6) is 0. The Morgan fingerprint density at radius 2 is 2.09 bits per heavy atom. The van der Waals surface area contributed by atoms with Gasteiger partial charge in [-0.15, -0.1) is 0 Å². The van der Waals surface area contributed by atoms with Crippen LogP contribution in [-0.2, 0) is 6.42 Å². The third-order valence-electron chi connectivity index (χ3n) is 1.80. The Balaban J connectivity index is 2.83. The average Bonchev–Trinajstić information content (AvgIpc) is 2.06. The molecule has 0 aliphatic rings. The number of benzene rings is 1. The molecule has 2 radical (unpaired) electrons. The summed E-state index contributed by atoms with van der Waals surface area (Å²) in [6.45, 7) is 5.98. The molecule has 0 aliphatic carbocycles. The zero-order valence-corrected chi connectivity index (χ0v) is 7.01. The van der Waals surface area contributed by atoms with E-state index >= 15 is 0 Å². The van der Waals surface area contributed by atoms with Crippen LogP contribution in [0.4, 0.5) is 0 Å². The van der Waals surface area contributed by atoms with Gasteiger partial charge in [-0.2, -0.15) is 0 Å². The highest BCUT2D eigenvalue weighted by molar-refractivity contribution is 5.32. The Labute approximate surface area is 69.3 Å². The van der Waals surface area contributed by atoms with Gasteiger partial charge in [0.2, 0.25) is 0 Å². The monoisotopic (exact) mass is 146 g/mol. The smallest absolute Gasteiger partial charge is 0.00903 e. The molecule has 0 heteroatoms. The van der Waals surface area contributed by atoms with Crippen LogP contribution in [0.5, 0.6) is 0 Å². The Kier molecular flexibility index (Phi) is 3.15. The van der Waals surface area contributed by atoms with E-state index in [2.05, 4.69) is 44.5 Å². The van der Waals surface area contributed by atoms with E-state index in [-0.39, 0.29) is 0 Å². The first-order valence-corrected chi connectivity index (χ1v) is 4.08. The van der Waals surface area contributed by atoms with Crippen molar-refractivity contribution in [2.75, 3.05) is 0 Å². The van der Waals surface area contributed by atoms with E-state index in [1.54, 1.807) is 0 Å². The molecule has 0 saturated carbocycles. The molecule has 0 bridgehead atoms. The highest BCUT2D eigenvalue weighted by Gasteiger charge is 1.96. The predicted molar refractivity (Wildman–Crippen MR) is 49.2 cm³/mol. The number of hydrogen-bond acceptors (Lipinski definition) is 0. The molecule has 0 unspecified atom stereocenters. The Morgan fingerprint density at radius 3 is 2.73 bits per heavy atom. The first kappa shape index (κ1) is 8.32. The van der Waals surface area contributed by atoms with Crippen LogP contribution in [0.2, 0.25) is 0 Å². The molecule has 0 aliphatic heterocycles. The van der Waals surface area contributed by atoms with E-state index in [9.17, 15) is 0 Å². The van der Waals surface area contributed by atoms with Gasteiger partial charge in [-0.25, -0.2) is 0 Å². The summed E-state index contributed by atoms with van der Waals surface area (Å²) in [6, 6.07) is 8.46. The molecule has 0 heterocycles. The quantitative estimate of drug-likeness (QED) is 0.615. The van der Waals surface area contributed by atoms with E-state index in [1.165, 1.54) is 11.1 Å². The zero-order chi connectivity index (χ0) is 8.10. The summed E-state index contributed by atoms with van der Waals surface area (Å²) in [7, 11) is 0. The molecule has 58 valence electrons. The van der Waals surface area contributed by atoms with Crippen LogP contribution >= 0.6 is 0 Å². The number of rotatable bonds is 3. The van der Waals surface area contributed by atoms with Crippen molar-refractivity contribution in [3.8, 4) is 0 Å². The van der Waals surface area contributed by atoms with Crippen LogP contribution in [0.25, 0.3) is 0 Å². The van der Waals surface area contributed by atoms with Crippen LogP contribution in [0.3, 0.4) is 0 Å². The van der Waals surface area contributed by atoms with Crippen LogP contribution in [-0.4, -0.2) is 0 Å². The molecule has 11 heavy (non-hydrogen) atoms. The standard InChI is InChI=1S/C11H14/c1-3-7-11-9-6-5-8-10(11)4-2/h5-9H,1,3-4H2,2H3. The minimum atomic E-state index is 0.872. The van der Waals surface area contributed by atoms with E-state index in [4.69, 9.17) is 0 Å². The van der Waals surface area contributed by atoms with Crippen molar-refractivity contribution in [1.82, 2.24) is 0 Å². The molecule has 0 N–H and O–H groups in total. The van der Waals surface area contributed by atoms with Gasteiger partial charge in [0, 0.05) is 0 Å². The zero-order valence-electron chi connectivity index (χ0n) is 7.01. The average molecular weight is 146 g/mol. The second-order valence-corrected chi connectivity index (χ2v) is 2.55. The molecular formula is C11H14. The molecule has 0 aromatic heterocycles. The molecule has 0 amide bonds. The summed E-state index contributed by atoms with van der Waals surface area (Å²) in [5, 5.41) is 0. The molecule has 0 nitrogen and oxygen atoms in total. The second-order valence-electron chi connectivity index (χ2n) is 2.55. The van der Waals surface area contributed by atoms with Gasteiger partial charge in [0.15, 0.2) is 0 Å². The van der Waals surface area contributed by atoms with Crippen molar-refractivity contribution in [2.24, 2.45) is 0 Å². The molecule has 0 fully saturated rings. The Bertz CT molecular complexity index is 213. The molecule has 1 aromatic carbocycles. The topological polar surface area (TPSA) is 0 Å². The third-order valence-corrected chi connectivity index (χ3v) is 1.80.